The Labute approximate surface area is 151 Å². The van der Waals surface area contributed by atoms with Crippen LogP contribution in [0.15, 0.2) is 35.4 Å². The van der Waals surface area contributed by atoms with Crippen molar-refractivity contribution >= 4 is 0 Å². The molecule has 1 aliphatic heterocycles. The fourth-order valence-corrected chi connectivity index (χ4v) is 3.16. The fourth-order valence-electron chi connectivity index (χ4n) is 3.16. The number of aliphatic hydroxyl groups excluding tert-OH is 1. The molecule has 1 fully saturated rings. The largest absolute Gasteiger partial charge is 0.493 e. The third-order valence-corrected chi connectivity index (χ3v) is 4.63. The van der Waals surface area contributed by atoms with Gasteiger partial charge in [0.2, 0.25) is 0 Å². The number of nitrogens with one attached hydrogen (secondary N) is 1. The Morgan fingerprint density at radius 3 is 2.69 bits per heavy atom. The van der Waals surface area contributed by atoms with Crippen LogP contribution in [-0.2, 0) is 6.54 Å². The molecule has 142 valence electrons. The Morgan fingerprint density at radius 1 is 1.23 bits per heavy atom. The molecule has 1 aromatic carbocycles. The zero-order valence-corrected chi connectivity index (χ0v) is 15.1. The molecule has 2 heterocycles. The van der Waals surface area contributed by atoms with Gasteiger partial charge in [0.1, 0.15) is 18.0 Å². The molecule has 0 bridgehead atoms. The summed E-state index contributed by atoms with van der Waals surface area (Å²) >= 11 is 0. The number of H-pyrrole nitrogens is 1. The van der Waals surface area contributed by atoms with E-state index in [1.807, 2.05) is 0 Å². The number of aromatic amines is 1. The van der Waals surface area contributed by atoms with E-state index < -0.39 is 6.10 Å². The van der Waals surface area contributed by atoms with Crippen molar-refractivity contribution in [3.05, 3.63) is 41.1 Å². The molecule has 1 saturated heterocycles. The van der Waals surface area contributed by atoms with Crippen LogP contribution in [0.5, 0.6) is 17.2 Å². The summed E-state index contributed by atoms with van der Waals surface area (Å²) in [5.41, 5.74) is -0.114. The molecule has 0 saturated carbocycles. The average Bonchev–Trinajstić information content (AvgIpc) is 3.06. The summed E-state index contributed by atoms with van der Waals surface area (Å²) in [4.78, 5) is 16.3. The number of rotatable bonds is 7. The van der Waals surface area contributed by atoms with Crippen molar-refractivity contribution in [3.8, 4) is 17.2 Å². The lowest BCUT2D eigenvalue weighted by Crippen LogP contribution is -2.49. The molecule has 0 aliphatic carbocycles. The lowest BCUT2D eigenvalue weighted by molar-refractivity contribution is -0.0260. The van der Waals surface area contributed by atoms with E-state index in [1.54, 1.807) is 49.4 Å². The van der Waals surface area contributed by atoms with Gasteiger partial charge in [0.25, 0.3) is 0 Å². The third-order valence-electron chi connectivity index (χ3n) is 4.63. The van der Waals surface area contributed by atoms with Crippen LogP contribution in [0.1, 0.15) is 6.42 Å². The minimum absolute atomic E-state index is 0.114. The van der Waals surface area contributed by atoms with Crippen LogP contribution in [0.25, 0.3) is 0 Å². The van der Waals surface area contributed by atoms with E-state index in [9.17, 15) is 9.90 Å². The van der Waals surface area contributed by atoms with E-state index in [0.29, 0.717) is 43.3 Å². The summed E-state index contributed by atoms with van der Waals surface area (Å²) in [7, 11) is 3.16. The van der Waals surface area contributed by atoms with E-state index in [1.165, 1.54) is 0 Å². The summed E-state index contributed by atoms with van der Waals surface area (Å²) < 4.78 is 18.1. The van der Waals surface area contributed by atoms with Gasteiger partial charge in [-0.05, 0) is 18.6 Å². The predicted octanol–water partition coefficient (Wildman–Crippen LogP) is 0.708. The first-order valence-electron chi connectivity index (χ1n) is 8.63. The van der Waals surface area contributed by atoms with Crippen molar-refractivity contribution in [1.29, 1.82) is 0 Å². The molecule has 1 aromatic heterocycles. The molecule has 1 aliphatic rings. The topological polar surface area (TPSA) is 89.0 Å². The molecular formula is C18H25N3O5. The average molecular weight is 363 g/mol. The zero-order valence-electron chi connectivity index (χ0n) is 15.1. The van der Waals surface area contributed by atoms with Crippen LogP contribution in [-0.4, -0.2) is 65.6 Å². The second-order valence-corrected chi connectivity index (χ2v) is 6.29. The lowest BCUT2D eigenvalue weighted by atomic mass is 10.0. The first-order chi connectivity index (χ1) is 12.6. The third kappa shape index (κ3) is 4.20. The minimum atomic E-state index is -0.597. The van der Waals surface area contributed by atoms with Crippen molar-refractivity contribution in [2.45, 2.75) is 25.2 Å². The van der Waals surface area contributed by atoms with Gasteiger partial charge in [-0.2, -0.15) is 0 Å². The summed E-state index contributed by atoms with van der Waals surface area (Å²) in [6.07, 6.45) is 3.18. The summed E-state index contributed by atoms with van der Waals surface area (Å²) in [5.74, 6) is 1.86. The van der Waals surface area contributed by atoms with E-state index >= 15 is 0 Å². The molecule has 8 heteroatoms. The highest BCUT2D eigenvalue weighted by atomic mass is 16.5. The Balaban J connectivity index is 1.54. The van der Waals surface area contributed by atoms with E-state index in [4.69, 9.17) is 14.2 Å². The number of likely N-dealkylation sites (tertiary alicyclic amines) is 1. The highest BCUT2D eigenvalue weighted by Crippen LogP contribution is 2.32. The molecule has 26 heavy (non-hydrogen) atoms. The number of aliphatic hydroxyl groups is 1. The van der Waals surface area contributed by atoms with Crippen LogP contribution in [0, 0.1) is 0 Å². The Bertz CT molecular complexity index is 772. The first kappa shape index (κ1) is 18.3. The number of ether oxygens (including phenoxy) is 3. The van der Waals surface area contributed by atoms with Gasteiger partial charge in [-0.25, -0.2) is 4.79 Å². The number of methoxy groups -OCH3 is 2. The lowest BCUT2D eigenvalue weighted by Gasteiger charge is -2.36. The zero-order chi connectivity index (χ0) is 18.5. The van der Waals surface area contributed by atoms with Crippen molar-refractivity contribution < 1.29 is 19.3 Å². The van der Waals surface area contributed by atoms with E-state index in [0.717, 1.165) is 6.54 Å². The second kappa shape index (κ2) is 8.29. The molecule has 2 N–H and O–H groups in total. The van der Waals surface area contributed by atoms with E-state index in [2.05, 4.69) is 9.88 Å². The van der Waals surface area contributed by atoms with Crippen LogP contribution in [0.4, 0.5) is 0 Å². The van der Waals surface area contributed by atoms with Gasteiger partial charge in [0.15, 0.2) is 11.5 Å². The number of benzene rings is 1. The van der Waals surface area contributed by atoms with Crippen molar-refractivity contribution in [1.82, 2.24) is 14.5 Å². The molecule has 0 amide bonds. The maximum atomic E-state index is 11.5. The predicted molar refractivity (Wildman–Crippen MR) is 96.1 cm³/mol. The Kier molecular flexibility index (Phi) is 5.85. The normalized spacial score (nSPS) is 20.7. The molecular weight excluding hydrogens is 338 g/mol. The standard InChI is InChI=1S/C18H25N3O5/c1-24-16-4-3-13(11-17(16)25-2)26-15-5-7-20(12-14(15)22)9-10-21-8-6-19-18(21)23/h3-4,6,8,11,14-15,22H,5,7,9-10,12H2,1-2H3,(H,19,23)/t14-,15-/m1/s1. The van der Waals surface area contributed by atoms with Gasteiger partial charge in [-0.3, -0.25) is 9.47 Å². The molecule has 8 nitrogen and oxygen atoms in total. The highest BCUT2D eigenvalue weighted by Gasteiger charge is 2.29. The van der Waals surface area contributed by atoms with Crippen molar-refractivity contribution in [2.24, 2.45) is 0 Å². The molecule has 2 aromatic rings. The highest BCUT2D eigenvalue weighted by molar-refractivity contribution is 5.45. The number of imidazole rings is 1. The number of aromatic nitrogens is 2. The molecule has 0 radical (unpaired) electrons. The van der Waals surface area contributed by atoms with Crippen molar-refractivity contribution in [3.63, 3.8) is 0 Å². The molecule has 0 unspecified atom stereocenters. The van der Waals surface area contributed by atoms with Crippen LogP contribution in [0.2, 0.25) is 0 Å². The Hall–Kier alpha value is -2.45. The first-order valence-corrected chi connectivity index (χ1v) is 8.63. The fraction of sp³-hybridized carbons (Fsp3) is 0.500. The summed E-state index contributed by atoms with van der Waals surface area (Å²) in [6.45, 7) is 2.61. The SMILES string of the molecule is COc1ccc(O[C@@H]2CCN(CCn3cc[nH]c3=O)C[C@H]2O)cc1OC. The number of hydrogen-bond acceptors (Lipinski definition) is 6. The smallest absolute Gasteiger partial charge is 0.325 e. The monoisotopic (exact) mass is 363 g/mol. The molecule has 3 rings (SSSR count). The quantitative estimate of drug-likeness (QED) is 0.753. The summed E-state index contributed by atoms with van der Waals surface area (Å²) in [6, 6.07) is 5.35. The number of hydrogen-bond donors (Lipinski definition) is 2. The summed E-state index contributed by atoms with van der Waals surface area (Å²) in [5, 5.41) is 10.4. The van der Waals surface area contributed by atoms with Gasteiger partial charge < -0.3 is 24.3 Å². The van der Waals surface area contributed by atoms with E-state index in [-0.39, 0.29) is 11.8 Å². The number of nitrogens with zero attached hydrogens (tertiary/aromatic N) is 2. The number of piperidine rings is 1. The van der Waals surface area contributed by atoms with Gasteiger partial charge in [-0.15, -0.1) is 0 Å². The van der Waals surface area contributed by atoms with Gasteiger partial charge in [-0.1, -0.05) is 0 Å². The van der Waals surface area contributed by atoms with Crippen LogP contribution < -0.4 is 19.9 Å². The maximum absolute atomic E-state index is 11.5. The van der Waals surface area contributed by atoms with Gasteiger partial charge in [0.05, 0.1) is 14.2 Å². The molecule has 0 spiro atoms. The van der Waals surface area contributed by atoms with Gasteiger partial charge >= 0.3 is 5.69 Å². The van der Waals surface area contributed by atoms with Crippen LogP contribution >= 0.6 is 0 Å². The molecule has 2 atom stereocenters. The minimum Gasteiger partial charge on any atom is -0.493 e. The second-order valence-electron chi connectivity index (χ2n) is 6.29. The van der Waals surface area contributed by atoms with Gasteiger partial charge in [0, 0.05) is 44.6 Å². The maximum Gasteiger partial charge on any atom is 0.325 e. The van der Waals surface area contributed by atoms with Crippen LogP contribution in [0.3, 0.4) is 0 Å². The van der Waals surface area contributed by atoms with Crippen molar-refractivity contribution in [2.75, 3.05) is 33.9 Å². The Morgan fingerprint density at radius 2 is 2.04 bits per heavy atom. The number of β-amino-alcohol motifs (C(OH)–C–C–N with tert-alkyl or cyclic N) is 1.